The highest BCUT2D eigenvalue weighted by Gasteiger charge is 2.33. The van der Waals surface area contributed by atoms with E-state index in [4.69, 9.17) is 4.52 Å². The molecule has 3 aromatic rings. The Morgan fingerprint density at radius 1 is 1.00 bits per heavy atom. The highest BCUT2D eigenvalue weighted by atomic mass is 32.2. The molecule has 2 aromatic carbocycles. The van der Waals surface area contributed by atoms with E-state index in [2.05, 4.69) is 5.16 Å². The molecule has 1 aliphatic heterocycles. The van der Waals surface area contributed by atoms with Crippen LogP contribution in [0.2, 0.25) is 0 Å². The number of nitrogens with zero attached hydrogens (tertiary/aromatic N) is 3. The zero-order valence-electron chi connectivity index (χ0n) is 16.3. The first-order valence-corrected chi connectivity index (χ1v) is 10.9. The minimum Gasteiger partial charge on any atom is -0.360 e. The van der Waals surface area contributed by atoms with E-state index in [1.165, 1.54) is 16.4 Å². The van der Waals surface area contributed by atoms with Crippen molar-refractivity contribution in [2.45, 2.75) is 11.8 Å². The fourth-order valence-electron chi connectivity index (χ4n) is 3.46. The van der Waals surface area contributed by atoms with Crippen LogP contribution in [0.5, 0.6) is 0 Å². The van der Waals surface area contributed by atoms with Gasteiger partial charge in [0.1, 0.15) is 22.8 Å². The lowest BCUT2D eigenvalue weighted by atomic mass is 10.0. The maximum atomic E-state index is 13.2. The first-order valence-electron chi connectivity index (χ1n) is 9.44. The number of sulfonamides is 1. The Bertz CT molecular complexity index is 1150. The van der Waals surface area contributed by atoms with Crippen molar-refractivity contribution in [1.29, 1.82) is 0 Å². The number of aryl methyl sites for hydroxylation is 1. The summed E-state index contributed by atoms with van der Waals surface area (Å²) in [6, 6.07) is 14.0. The van der Waals surface area contributed by atoms with E-state index in [9.17, 15) is 17.6 Å². The molecule has 0 spiro atoms. The fraction of sp³-hybridized carbons (Fsp3) is 0.238. The zero-order chi connectivity index (χ0) is 21.3. The largest absolute Gasteiger partial charge is 0.360 e. The number of amides is 1. The molecule has 156 valence electrons. The molecule has 0 N–H and O–H groups in total. The van der Waals surface area contributed by atoms with Crippen LogP contribution in [0, 0.1) is 12.7 Å². The van der Waals surface area contributed by atoms with Crippen LogP contribution in [0.1, 0.15) is 16.1 Å². The lowest BCUT2D eigenvalue weighted by Gasteiger charge is -2.34. The lowest BCUT2D eigenvalue weighted by Crippen LogP contribution is -2.50. The molecule has 30 heavy (non-hydrogen) atoms. The van der Waals surface area contributed by atoms with Gasteiger partial charge in [0.2, 0.25) is 10.0 Å². The summed E-state index contributed by atoms with van der Waals surface area (Å²) < 4.78 is 45.2. The van der Waals surface area contributed by atoms with Crippen LogP contribution in [-0.2, 0) is 10.0 Å². The second-order valence-corrected chi connectivity index (χ2v) is 8.92. The number of halogens is 1. The first kappa shape index (κ1) is 20.2. The van der Waals surface area contributed by atoms with Crippen molar-refractivity contribution in [2.24, 2.45) is 0 Å². The summed E-state index contributed by atoms with van der Waals surface area (Å²) in [7, 11) is -3.74. The Kier molecular flexibility index (Phi) is 5.40. The molecule has 1 aliphatic rings. The Balaban J connectivity index is 1.51. The number of benzene rings is 2. The van der Waals surface area contributed by atoms with Gasteiger partial charge < -0.3 is 9.42 Å². The number of hydrogen-bond acceptors (Lipinski definition) is 5. The monoisotopic (exact) mass is 429 g/mol. The summed E-state index contributed by atoms with van der Waals surface area (Å²) in [6.07, 6.45) is 0. The van der Waals surface area contributed by atoms with Crippen LogP contribution in [-0.4, -0.2) is 54.9 Å². The predicted molar refractivity (Wildman–Crippen MR) is 108 cm³/mol. The van der Waals surface area contributed by atoms with E-state index < -0.39 is 15.8 Å². The smallest absolute Gasteiger partial charge is 0.259 e. The Morgan fingerprint density at radius 3 is 2.27 bits per heavy atom. The van der Waals surface area contributed by atoms with E-state index in [1.807, 2.05) is 30.3 Å². The molecule has 1 saturated heterocycles. The second-order valence-electron chi connectivity index (χ2n) is 6.98. The van der Waals surface area contributed by atoms with Crippen molar-refractivity contribution in [1.82, 2.24) is 14.4 Å². The van der Waals surface area contributed by atoms with Gasteiger partial charge in [-0.1, -0.05) is 35.5 Å². The third-order valence-electron chi connectivity index (χ3n) is 5.10. The highest BCUT2D eigenvalue weighted by Crippen LogP contribution is 2.27. The van der Waals surface area contributed by atoms with E-state index in [1.54, 1.807) is 11.8 Å². The maximum absolute atomic E-state index is 13.2. The average Bonchev–Trinajstić information content (AvgIpc) is 3.15. The van der Waals surface area contributed by atoms with Crippen LogP contribution >= 0.6 is 0 Å². The molecule has 0 radical (unpaired) electrons. The molecule has 0 unspecified atom stereocenters. The topological polar surface area (TPSA) is 83.7 Å². The van der Waals surface area contributed by atoms with E-state index in [-0.39, 0.29) is 37.0 Å². The Labute approximate surface area is 173 Å². The van der Waals surface area contributed by atoms with E-state index >= 15 is 0 Å². The van der Waals surface area contributed by atoms with Crippen molar-refractivity contribution >= 4 is 15.9 Å². The number of piperazine rings is 1. The van der Waals surface area contributed by atoms with E-state index in [0.29, 0.717) is 17.0 Å². The molecule has 0 atom stereocenters. The van der Waals surface area contributed by atoms with Crippen molar-refractivity contribution in [2.75, 3.05) is 26.2 Å². The van der Waals surface area contributed by atoms with Gasteiger partial charge in [-0.3, -0.25) is 4.79 Å². The van der Waals surface area contributed by atoms with Crippen LogP contribution in [0.25, 0.3) is 11.3 Å². The van der Waals surface area contributed by atoms with Gasteiger partial charge in [-0.2, -0.15) is 4.31 Å². The summed E-state index contributed by atoms with van der Waals surface area (Å²) in [6.45, 7) is 2.45. The number of carbonyl (C=O) groups is 1. The van der Waals surface area contributed by atoms with Gasteiger partial charge in [-0.25, -0.2) is 12.8 Å². The lowest BCUT2D eigenvalue weighted by molar-refractivity contribution is 0.0696. The molecule has 0 bridgehead atoms. The van der Waals surface area contributed by atoms with Gasteiger partial charge in [0, 0.05) is 31.7 Å². The van der Waals surface area contributed by atoms with Gasteiger partial charge in [-0.15, -0.1) is 0 Å². The highest BCUT2D eigenvalue weighted by molar-refractivity contribution is 7.89. The maximum Gasteiger partial charge on any atom is 0.259 e. The molecule has 2 heterocycles. The molecule has 1 fully saturated rings. The third kappa shape index (κ3) is 3.73. The molecule has 1 aromatic heterocycles. The van der Waals surface area contributed by atoms with Crippen molar-refractivity contribution in [3.05, 3.63) is 71.7 Å². The number of aromatic nitrogens is 1. The summed E-state index contributed by atoms with van der Waals surface area (Å²) in [5.41, 5.74) is 1.63. The van der Waals surface area contributed by atoms with Gasteiger partial charge in [0.25, 0.3) is 5.91 Å². The van der Waals surface area contributed by atoms with Gasteiger partial charge >= 0.3 is 0 Å². The molecule has 0 aliphatic carbocycles. The molecular weight excluding hydrogens is 409 g/mol. The minimum atomic E-state index is -3.74. The summed E-state index contributed by atoms with van der Waals surface area (Å²) in [5.74, 6) is -0.325. The van der Waals surface area contributed by atoms with Crippen LogP contribution < -0.4 is 0 Å². The van der Waals surface area contributed by atoms with E-state index in [0.717, 1.165) is 17.7 Å². The molecular formula is C21H20FN3O4S. The third-order valence-corrected chi connectivity index (χ3v) is 7.01. The molecule has 7 nitrogen and oxygen atoms in total. The number of rotatable bonds is 4. The van der Waals surface area contributed by atoms with Gasteiger partial charge in [0.15, 0.2) is 0 Å². The molecule has 0 saturated carbocycles. The minimum absolute atomic E-state index is 0.0323. The average molecular weight is 429 g/mol. The molecule has 9 heteroatoms. The fourth-order valence-corrected chi connectivity index (χ4v) is 4.88. The van der Waals surface area contributed by atoms with Gasteiger partial charge in [-0.05, 0) is 31.2 Å². The summed E-state index contributed by atoms with van der Waals surface area (Å²) in [5, 5.41) is 4.04. The molecule has 4 rings (SSSR count). The van der Waals surface area contributed by atoms with Crippen molar-refractivity contribution < 1.29 is 22.1 Å². The Hall–Kier alpha value is -3.04. The quantitative estimate of drug-likeness (QED) is 0.637. The van der Waals surface area contributed by atoms with Crippen LogP contribution in [0.3, 0.4) is 0 Å². The first-order chi connectivity index (χ1) is 14.4. The summed E-state index contributed by atoms with van der Waals surface area (Å²) in [4.78, 5) is 14.8. The number of hydrogen-bond donors (Lipinski definition) is 0. The van der Waals surface area contributed by atoms with Crippen molar-refractivity contribution in [3.63, 3.8) is 0 Å². The standard InChI is InChI=1S/C21H20FN3O4S/c1-15-19(20(23-29-15)16-5-3-2-4-6-16)21(26)24-11-13-25(14-12-24)30(27,28)18-9-7-17(22)8-10-18/h2-10H,11-14H2,1H3. The SMILES string of the molecule is Cc1onc(-c2ccccc2)c1C(=O)N1CCN(S(=O)(=O)c2ccc(F)cc2)CC1. The normalized spacial score (nSPS) is 15.3. The van der Waals surface area contributed by atoms with Crippen LogP contribution in [0.15, 0.2) is 64.0 Å². The Morgan fingerprint density at radius 2 is 1.63 bits per heavy atom. The van der Waals surface area contributed by atoms with Crippen LogP contribution in [0.4, 0.5) is 4.39 Å². The zero-order valence-corrected chi connectivity index (χ0v) is 17.1. The van der Waals surface area contributed by atoms with Gasteiger partial charge in [0.05, 0.1) is 4.90 Å². The second kappa shape index (κ2) is 8.00. The number of carbonyl (C=O) groups excluding carboxylic acids is 1. The van der Waals surface area contributed by atoms with Crippen molar-refractivity contribution in [3.8, 4) is 11.3 Å². The predicted octanol–water partition coefficient (Wildman–Crippen LogP) is 2.94. The molecule has 1 amide bonds. The summed E-state index contributed by atoms with van der Waals surface area (Å²) >= 11 is 0.